The normalized spacial score (nSPS) is 14.7. The molecule has 1 N–H and O–H groups in total. The van der Waals surface area contributed by atoms with E-state index in [1.165, 1.54) is 38.5 Å². The summed E-state index contributed by atoms with van der Waals surface area (Å²) in [7, 11) is 0. The van der Waals surface area contributed by atoms with Crippen LogP contribution in [0.15, 0.2) is 0 Å². The van der Waals surface area contributed by atoms with Gasteiger partial charge in [-0.1, -0.05) is 52.4 Å². The molecule has 0 atom stereocenters. The predicted octanol–water partition coefficient (Wildman–Crippen LogP) is 3.07. The van der Waals surface area contributed by atoms with Crippen molar-refractivity contribution in [3.8, 4) is 0 Å². The van der Waals surface area contributed by atoms with Gasteiger partial charge in [0.2, 0.25) is 0 Å². The van der Waals surface area contributed by atoms with Crippen LogP contribution in [0.4, 0.5) is 0 Å². The van der Waals surface area contributed by atoms with Gasteiger partial charge in [0.05, 0.1) is 0 Å². The van der Waals surface area contributed by atoms with Crippen molar-refractivity contribution >= 4 is 6.47 Å². The van der Waals surface area contributed by atoms with E-state index in [9.17, 15) is 0 Å². The molecule has 0 unspecified atom stereocenters. The Bertz CT molecular complexity index is 47.1. The second-order valence-corrected chi connectivity index (χ2v) is 2.23. The molecule has 0 spiro atoms. The summed E-state index contributed by atoms with van der Waals surface area (Å²) in [6, 6.07) is 0. The highest BCUT2D eigenvalue weighted by Crippen LogP contribution is 2.15. The van der Waals surface area contributed by atoms with Crippen molar-refractivity contribution in [3.63, 3.8) is 0 Å². The van der Waals surface area contributed by atoms with Crippen LogP contribution >= 0.6 is 0 Å². The molecule has 0 aliphatic heterocycles. The molecule has 0 heterocycles. The Labute approximate surface area is 69.6 Å². The minimum atomic E-state index is -0.250. The van der Waals surface area contributed by atoms with Crippen molar-refractivity contribution in [2.45, 2.75) is 52.4 Å². The summed E-state index contributed by atoms with van der Waals surface area (Å²) >= 11 is 0. The summed E-state index contributed by atoms with van der Waals surface area (Å²) in [5.41, 5.74) is 0. The third-order valence-electron chi connectivity index (χ3n) is 1.50. The van der Waals surface area contributed by atoms with E-state index in [4.69, 9.17) is 9.90 Å². The molecule has 1 fully saturated rings. The SMILES string of the molecule is C1CCCCC1.CC.O=CO. The van der Waals surface area contributed by atoms with Crippen LogP contribution in [0.1, 0.15) is 52.4 Å². The van der Waals surface area contributed by atoms with E-state index in [2.05, 4.69) is 0 Å². The van der Waals surface area contributed by atoms with Crippen LogP contribution in [0.3, 0.4) is 0 Å². The number of rotatable bonds is 0. The van der Waals surface area contributed by atoms with Gasteiger partial charge in [0.15, 0.2) is 0 Å². The van der Waals surface area contributed by atoms with Crippen molar-refractivity contribution < 1.29 is 9.90 Å². The minimum Gasteiger partial charge on any atom is -0.483 e. The lowest BCUT2D eigenvalue weighted by atomic mass is 10.0. The molecule has 0 saturated heterocycles. The Morgan fingerprint density at radius 2 is 1.00 bits per heavy atom. The average molecular weight is 160 g/mol. The third kappa shape index (κ3) is 17.7. The smallest absolute Gasteiger partial charge is 0.290 e. The van der Waals surface area contributed by atoms with Crippen molar-refractivity contribution in [2.75, 3.05) is 0 Å². The Morgan fingerprint density at radius 1 is 0.909 bits per heavy atom. The van der Waals surface area contributed by atoms with Crippen LogP contribution < -0.4 is 0 Å². The molecule has 0 aromatic rings. The quantitative estimate of drug-likeness (QED) is 0.553. The van der Waals surface area contributed by atoms with Crippen molar-refractivity contribution in [1.29, 1.82) is 0 Å². The maximum Gasteiger partial charge on any atom is 0.290 e. The van der Waals surface area contributed by atoms with Gasteiger partial charge >= 0.3 is 0 Å². The van der Waals surface area contributed by atoms with Gasteiger partial charge in [-0.15, -0.1) is 0 Å². The van der Waals surface area contributed by atoms with Gasteiger partial charge < -0.3 is 5.11 Å². The first-order chi connectivity index (χ1) is 5.41. The summed E-state index contributed by atoms with van der Waals surface area (Å²) < 4.78 is 0. The van der Waals surface area contributed by atoms with E-state index in [0.717, 1.165) is 0 Å². The Morgan fingerprint density at radius 3 is 1.09 bits per heavy atom. The molecule has 0 amide bonds. The standard InChI is InChI=1S/C6H12.C2H6.CH2O2/c1-2-4-6-5-3-1;1-2;2-1-3/h1-6H2;1-2H3;1H,(H,2,3). The maximum atomic E-state index is 8.36. The van der Waals surface area contributed by atoms with E-state index >= 15 is 0 Å². The highest BCUT2D eigenvalue weighted by molar-refractivity contribution is 5.32. The highest BCUT2D eigenvalue weighted by atomic mass is 16.3. The summed E-state index contributed by atoms with van der Waals surface area (Å²) in [4.78, 5) is 8.36. The number of hydrogen-bond donors (Lipinski definition) is 1. The maximum absolute atomic E-state index is 8.36. The second-order valence-electron chi connectivity index (χ2n) is 2.23. The zero-order valence-corrected chi connectivity index (χ0v) is 7.68. The number of carboxylic acid groups (broad SMARTS) is 1. The van der Waals surface area contributed by atoms with Gasteiger partial charge in [0.25, 0.3) is 6.47 Å². The van der Waals surface area contributed by atoms with Crippen LogP contribution in [-0.4, -0.2) is 11.6 Å². The van der Waals surface area contributed by atoms with E-state index < -0.39 is 0 Å². The van der Waals surface area contributed by atoms with Crippen molar-refractivity contribution in [1.82, 2.24) is 0 Å². The first kappa shape index (κ1) is 13.1. The van der Waals surface area contributed by atoms with Gasteiger partial charge in [-0.2, -0.15) is 0 Å². The van der Waals surface area contributed by atoms with Gasteiger partial charge in [0.1, 0.15) is 0 Å². The van der Waals surface area contributed by atoms with Gasteiger partial charge in [-0.3, -0.25) is 4.79 Å². The largest absolute Gasteiger partial charge is 0.483 e. The second kappa shape index (κ2) is 16.2. The molecule has 68 valence electrons. The number of carbonyl (C=O) groups is 1. The fourth-order valence-electron chi connectivity index (χ4n) is 1.06. The molecule has 0 aromatic carbocycles. The minimum absolute atomic E-state index is 0.250. The molecular formula is C9H20O2. The molecular weight excluding hydrogens is 140 g/mol. The molecule has 1 rings (SSSR count). The van der Waals surface area contributed by atoms with Crippen molar-refractivity contribution in [2.24, 2.45) is 0 Å². The summed E-state index contributed by atoms with van der Waals surface area (Å²) in [5, 5.41) is 6.89. The van der Waals surface area contributed by atoms with E-state index in [1.54, 1.807) is 0 Å². The summed E-state index contributed by atoms with van der Waals surface area (Å²) in [6.07, 6.45) is 9.00. The highest BCUT2D eigenvalue weighted by Gasteiger charge is 1.95. The number of hydrogen-bond acceptors (Lipinski definition) is 1. The first-order valence-electron chi connectivity index (χ1n) is 4.49. The van der Waals surface area contributed by atoms with Crippen LogP contribution in [0.25, 0.3) is 0 Å². The molecule has 0 radical (unpaired) electrons. The van der Waals surface area contributed by atoms with Crippen molar-refractivity contribution in [3.05, 3.63) is 0 Å². The zero-order valence-electron chi connectivity index (χ0n) is 7.68. The van der Waals surface area contributed by atoms with Crippen LogP contribution in [0, 0.1) is 0 Å². The molecule has 2 nitrogen and oxygen atoms in total. The fourth-order valence-corrected chi connectivity index (χ4v) is 1.06. The molecule has 11 heavy (non-hydrogen) atoms. The molecule has 2 heteroatoms. The molecule has 0 aromatic heterocycles. The molecule has 1 aliphatic carbocycles. The van der Waals surface area contributed by atoms with Gasteiger partial charge in [-0.25, -0.2) is 0 Å². The zero-order chi connectivity index (χ0) is 8.95. The topological polar surface area (TPSA) is 37.3 Å². The molecule has 0 bridgehead atoms. The van der Waals surface area contributed by atoms with E-state index in [-0.39, 0.29) is 6.47 Å². The Balaban J connectivity index is 0. The Hall–Kier alpha value is -0.530. The van der Waals surface area contributed by atoms with Crippen LogP contribution in [-0.2, 0) is 4.79 Å². The lowest BCUT2D eigenvalue weighted by Gasteiger charge is -2.05. The van der Waals surface area contributed by atoms with Crippen LogP contribution in [0.5, 0.6) is 0 Å². The summed E-state index contributed by atoms with van der Waals surface area (Å²) in [6.45, 7) is 3.75. The molecule has 1 aliphatic rings. The fraction of sp³-hybridized carbons (Fsp3) is 0.889. The van der Waals surface area contributed by atoms with Gasteiger partial charge in [0, 0.05) is 0 Å². The molecule has 1 saturated carbocycles. The first-order valence-corrected chi connectivity index (χ1v) is 4.49. The van der Waals surface area contributed by atoms with E-state index in [0.29, 0.717) is 0 Å². The summed E-state index contributed by atoms with van der Waals surface area (Å²) in [5.74, 6) is 0. The Kier molecular flexibility index (Phi) is 19.3. The van der Waals surface area contributed by atoms with Crippen LogP contribution in [0.2, 0.25) is 0 Å². The lowest BCUT2D eigenvalue weighted by Crippen LogP contribution is -1.85. The average Bonchev–Trinajstić information content (AvgIpc) is 2.12. The predicted molar refractivity (Wildman–Crippen MR) is 47.7 cm³/mol. The van der Waals surface area contributed by atoms with E-state index in [1.807, 2.05) is 13.8 Å². The van der Waals surface area contributed by atoms with Gasteiger partial charge in [-0.05, 0) is 0 Å². The monoisotopic (exact) mass is 160 g/mol. The lowest BCUT2D eigenvalue weighted by molar-refractivity contribution is -0.122. The third-order valence-corrected chi connectivity index (χ3v) is 1.50.